The van der Waals surface area contributed by atoms with E-state index in [2.05, 4.69) is 0 Å². The van der Waals surface area contributed by atoms with Crippen LogP contribution in [0.3, 0.4) is 0 Å². The molecule has 1 rings (SSSR count). The smallest absolute Gasteiger partial charge is 0.0643 e. The number of hydrogen-bond acceptors (Lipinski definition) is 2. The van der Waals surface area contributed by atoms with Crippen molar-refractivity contribution in [3.8, 4) is 0 Å². The van der Waals surface area contributed by atoms with Crippen molar-refractivity contribution in [1.29, 1.82) is 0 Å². The predicted molar refractivity (Wildman–Crippen MR) is 39.9 cm³/mol. The minimum absolute atomic E-state index is 0. The molecule has 0 spiro atoms. The second-order valence-corrected chi connectivity index (χ2v) is 2.81. The molecule has 1 fully saturated rings. The summed E-state index contributed by atoms with van der Waals surface area (Å²) in [5.41, 5.74) is 5.71. The highest BCUT2D eigenvalue weighted by atomic mass is 35.5. The average molecular weight is 152 g/mol. The Morgan fingerprint density at radius 2 is 2.22 bits per heavy atom. The normalized spacial score (nSPS) is 35.3. The van der Waals surface area contributed by atoms with Gasteiger partial charge in [0.05, 0.1) is 6.61 Å². The molecule has 3 heteroatoms. The molecule has 2 N–H and O–H groups in total. The van der Waals surface area contributed by atoms with E-state index in [1.165, 1.54) is 0 Å². The predicted octanol–water partition coefficient (Wildman–Crippen LogP) is 0.936. The van der Waals surface area contributed by atoms with Crippen LogP contribution in [0.25, 0.3) is 0 Å². The molecule has 1 aliphatic rings. The van der Waals surface area contributed by atoms with Gasteiger partial charge in [0.15, 0.2) is 0 Å². The molecule has 2 nitrogen and oxygen atoms in total. The third-order valence-electron chi connectivity index (χ3n) is 1.47. The second kappa shape index (κ2) is 3.40. The van der Waals surface area contributed by atoms with Crippen molar-refractivity contribution in [3.63, 3.8) is 0 Å². The lowest BCUT2D eigenvalue weighted by Gasteiger charge is -2.28. The Morgan fingerprint density at radius 1 is 1.56 bits per heavy atom. The number of nitrogens with two attached hydrogens (primary N) is 1. The Morgan fingerprint density at radius 3 is 2.44 bits per heavy atom. The third-order valence-corrected chi connectivity index (χ3v) is 1.47. The van der Waals surface area contributed by atoms with Gasteiger partial charge in [-0.15, -0.1) is 12.4 Å². The summed E-state index contributed by atoms with van der Waals surface area (Å²) in [6.07, 6.45) is 2.22. The fourth-order valence-electron chi connectivity index (χ4n) is 0.956. The van der Waals surface area contributed by atoms with Crippen molar-refractivity contribution in [2.24, 2.45) is 5.73 Å². The van der Waals surface area contributed by atoms with Gasteiger partial charge in [0.2, 0.25) is 0 Å². The fraction of sp³-hybridized carbons (Fsp3) is 1.00. The standard InChI is InChI=1S/C6H13NO.ClH/c1-6(7)3-2-4-8-5-6;/h2-5,7H2,1H3;1H. The molecule has 1 saturated heterocycles. The molecule has 0 aromatic rings. The van der Waals surface area contributed by atoms with E-state index in [9.17, 15) is 0 Å². The minimum Gasteiger partial charge on any atom is -0.380 e. The second-order valence-electron chi connectivity index (χ2n) is 2.81. The summed E-state index contributed by atoms with van der Waals surface area (Å²) < 4.78 is 5.16. The van der Waals surface area contributed by atoms with Crippen LogP contribution in [0.5, 0.6) is 0 Å². The zero-order chi connectivity index (χ0) is 6.04. The molecule has 1 unspecified atom stereocenters. The Labute approximate surface area is 62.2 Å². The van der Waals surface area contributed by atoms with Crippen LogP contribution in [-0.4, -0.2) is 18.8 Å². The lowest BCUT2D eigenvalue weighted by molar-refractivity contribution is 0.0458. The van der Waals surface area contributed by atoms with Crippen LogP contribution in [0, 0.1) is 0 Å². The van der Waals surface area contributed by atoms with Gasteiger partial charge in [-0.2, -0.15) is 0 Å². The van der Waals surface area contributed by atoms with Gasteiger partial charge in [0, 0.05) is 12.1 Å². The largest absolute Gasteiger partial charge is 0.380 e. The molecule has 0 aromatic carbocycles. The van der Waals surface area contributed by atoms with Gasteiger partial charge in [-0.1, -0.05) is 0 Å². The number of rotatable bonds is 0. The highest BCUT2D eigenvalue weighted by Gasteiger charge is 2.21. The molecule has 0 aromatic heterocycles. The summed E-state index contributed by atoms with van der Waals surface area (Å²) in [7, 11) is 0. The molecular weight excluding hydrogens is 138 g/mol. The molecular formula is C6H14ClNO. The van der Waals surface area contributed by atoms with E-state index in [1.54, 1.807) is 0 Å². The number of hydrogen-bond donors (Lipinski definition) is 1. The Balaban J connectivity index is 0.000000640. The van der Waals surface area contributed by atoms with E-state index in [1.807, 2.05) is 6.92 Å². The molecule has 1 aliphatic heterocycles. The molecule has 0 bridgehead atoms. The molecule has 0 aliphatic carbocycles. The van der Waals surface area contributed by atoms with E-state index in [0.717, 1.165) is 26.1 Å². The quantitative estimate of drug-likeness (QED) is 0.559. The van der Waals surface area contributed by atoms with Gasteiger partial charge in [-0.25, -0.2) is 0 Å². The first-order valence-corrected chi connectivity index (χ1v) is 3.07. The van der Waals surface area contributed by atoms with E-state index in [4.69, 9.17) is 10.5 Å². The lowest BCUT2D eigenvalue weighted by atomic mass is 9.97. The molecule has 1 heterocycles. The van der Waals surface area contributed by atoms with Crippen LogP contribution in [0.4, 0.5) is 0 Å². The lowest BCUT2D eigenvalue weighted by Crippen LogP contribution is -2.44. The first-order valence-electron chi connectivity index (χ1n) is 3.07. The monoisotopic (exact) mass is 151 g/mol. The van der Waals surface area contributed by atoms with Crippen molar-refractivity contribution < 1.29 is 4.74 Å². The maximum atomic E-state index is 5.75. The number of halogens is 1. The first-order chi connectivity index (χ1) is 3.71. The fourth-order valence-corrected chi connectivity index (χ4v) is 0.956. The maximum absolute atomic E-state index is 5.75. The van der Waals surface area contributed by atoms with E-state index in [-0.39, 0.29) is 17.9 Å². The summed E-state index contributed by atoms with van der Waals surface area (Å²) in [6.45, 7) is 3.66. The maximum Gasteiger partial charge on any atom is 0.0643 e. The van der Waals surface area contributed by atoms with Crippen LogP contribution in [0.1, 0.15) is 19.8 Å². The minimum atomic E-state index is -0.0434. The third kappa shape index (κ3) is 3.04. The highest BCUT2D eigenvalue weighted by molar-refractivity contribution is 5.85. The van der Waals surface area contributed by atoms with Crippen LogP contribution >= 0.6 is 12.4 Å². The average Bonchev–Trinajstić information content (AvgIpc) is 1.65. The Bertz CT molecular complexity index is 77.1. The van der Waals surface area contributed by atoms with Crippen molar-refractivity contribution in [3.05, 3.63) is 0 Å². The van der Waals surface area contributed by atoms with Gasteiger partial charge < -0.3 is 10.5 Å². The first kappa shape index (κ1) is 9.21. The molecule has 1 atom stereocenters. The Hall–Kier alpha value is 0.210. The van der Waals surface area contributed by atoms with Crippen LogP contribution in [0.15, 0.2) is 0 Å². The molecule has 0 saturated carbocycles. The zero-order valence-electron chi connectivity index (χ0n) is 5.72. The molecule has 56 valence electrons. The zero-order valence-corrected chi connectivity index (χ0v) is 6.54. The van der Waals surface area contributed by atoms with Gasteiger partial charge in [0.1, 0.15) is 0 Å². The summed E-state index contributed by atoms with van der Waals surface area (Å²) in [5.74, 6) is 0. The van der Waals surface area contributed by atoms with E-state index < -0.39 is 0 Å². The van der Waals surface area contributed by atoms with Gasteiger partial charge in [0.25, 0.3) is 0 Å². The number of ether oxygens (including phenoxy) is 1. The van der Waals surface area contributed by atoms with Crippen molar-refractivity contribution in [1.82, 2.24) is 0 Å². The SMILES string of the molecule is CC1(N)CCCOC1.Cl. The summed E-state index contributed by atoms with van der Waals surface area (Å²) >= 11 is 0. The van der Waals surface area contributed by atoms with Crippen LogP contribution < -0.4 is 5.73 Å². The van der Waals surface area contributed by atoms with Gasteiger partial charge >= 0.3 is 0 Å². The van der Waals surface area contributed by atoms with Crippen LogP contribution in [0.2, 0.25) is 0 Å². The topological polar surface area (TPSA) is 35.2 Å². The van der Waals surface area contributed by atoms with Crippen molar-refractivity contribution >= 4 is 12.4 Å². The molecule has 9 heavy (non-hydrogen) atoms. The highest BCUT2D eigenvalue weighted by Crippen LogP contribution is 2.13. The van der Waals surface area contributed by atoms with Gasteiger partial charge in [-0.05, 0) is 19.8 Å². The van der Waals surface area contributed by atoms with Crippen molar-refractivity contribution in [2.75, 3.05) is 13.2 Å². The molecule has 0 amide bonds. The molecule has 0 radical (unpaired) electrons. The summed E-state index contributed by atoms with van der Waals surface area (Å²) in [5, 5.41) is 0. The van der Waals surface area contributed by atoms with E-state index >= 15 is 0 Å². The summed E-state index contributed by atoms with van der Waals surface area (Å²) in [6, 6.07) is 0. The Kier molecular flexibility index (Phi) is 3.48. The van der Waals surface area contributed by atoms with Crippen molar-refractivity contribution in [2.45, 2.75) is 25.3 Å². The van der Waals surface area contributed by atoms with E-state index in [0.29, 0.717) is 0 Å². The summed E-state index contributed by atoms with van der Waals surface area (Å²) in [4.78, 5) is 0. The van der Waals surface area contributed by atoms with Gasteiger partial charge in [-0.3, -0.25) is 0 Å². The van der Waals surface area contributed by atoms with Crippen LogP contribution in [-0.2, 0) is 4.74 Å².